The third-order valence-electron chi connectivity index (χ3n) is 4.33. The Morgan fingerprint density at radius 2 is 2.04 bits per heavy atom. The summed E-state index contributed by atoms with van der Waals surface area (Å²) in [5.74, 6) is 0. The molecule has 0 aliphatic heterocycles. The van der Waals surface area contributed by atoms with Crippen molar-refractivity contribution in [2.24, 2.45) is 0 Å². The summed E-state index contributed by atoms with van der Waals surface area (Å²) in [6, 6.07) is 12.5. The van der Waals surface area contributed by atoms with Gasteiger partial charge in [-0.05, 0) is 18.1 Å². The molecule has 1 N–H and O–H groups in total. The quantitative estimate of drug-likeness (QED) is 0.587. The normalized spacial score (nSPS) is 12.5. The van der Waals surface area contributed by atoms with E-state index in [1.807, 2.05) is 47.5 Å². The lowest BCUT2D eigenvalue weighted by Crippen LogP contribution is -2.13. The highest BCUT2D eigenvalue weighted by Crippen LogP contribution is 2.27. The van der Waals surface area contributed by atoms with Gasteiger partial charge >= 0.3 is 0 Å². The van der Waals surface area contributed by atoms with Crippen LogP contribution < -0.4 is 0 Å². The molecule has 0 radical (unpaired) electrons. The number of methoxy groups -OCH3 is 1. The summed E-state index contributed by atoms with van der Waals surface area (Å²) in [5.41, 5.74) is 3.90. The van der Waals surface area contributed by atoms with Crippen LogP contribution in [0, 0.1) is 0 Å². The highest BCUT2D eigenvalue weighted by Gasteiger charge is 2.16. The molecule has 4 aromatic rings. The van der Waals surface area contributed by atoms with Crippen molar-refractivity contribution in [1.82, 2.24) is 24.7 Å². The Balaban J connectivity index is 1.72. The number of ether oxygens (including phenoxy) is 1. The van der Waals surface area contributed by atoms with Gasteiger partial charge in [-0.1, -0.05) is 30.3 Å². The van der Waals surface area contributed by atoms with E-state index in [-0.39, 0.29) is 6.04 Å². The highest BCUT2D eigenvalue weighted by atomic mass is 16.5. The Labute approximate surface area is 145 Å². The van der Waals surface area contributed by atoms with Gasteiger partial charge in [-0.25, -0.2) is 9.97 Å². The SMILES string of the molecule is COCCC(c1ccccc1)n1cc(-c2ncnc3[nH]ccc23)cn1. The smallest absolute Gasteiger partial charge is 0.141 e. The zero-order chi connectivity index (χ0) is 17.1. The summed E-state index contributed by atoms with van der Waals surface area (Å²) in [5, 5.41) is 5.60. The Morgan fingerprint density at radius 3 is 2.88 bits per heavy atom. The molecule has 0 amide bonds. The molecule has 0 aliphatic rings. The highest BCUT2D eigenvalue weighted by molar-refractivity contribution is 5.89. The summed E-state index contributed by atoms with van der Waals surface area (Å²) in [7, 11) is 1.72. The number of H-pyrrole nitrogens is 1. The standard InChI is InChI=1S/C19H19N5O/c1-25-10-8-17(14-5-3-2-4-6-14)24-12-15(11-23-24)18-16-7-9-20-19(16)22-13-21-18/h2-7,9,11-13,17H,8,10H2,1H3,(H,20,21,22). The van der Waals surface area contributed by atoms with E-state index in [0.717, 1.165) is 28.7 Å². The fourth-order valence-electron chi connectivity index (χ4n) is 3.09. The Kier molecular flexibility index (Phi) is 4.26. The van der Waals surface area contributed by atoms with E-state index < -0.39 is 0 Å². The zero-order valence-electron chi connectivity index (χ0n) is 14.0. The van der Waals surface area contributed by atoms with Gasteiger partial charge in [0.2, 0.25) is 0 Å². The summed E-state index contributed by atoms with van der Waals surface area (Å²) < 4.78 is 7.28. The number of aromatic amines is 1. The van der Waals surface area contributed by atoms with Gasteiger partial charge in [0.25, 0.3) is 0 Å². The molecule has 0 saturated heterocycles. The van der Waals surface area contributed by atoms with Crippen LogP contribution >= 0.6 is 0 Å². The van der Waals surface area contributed by atoms with Crippen LogP contribution in [-0.4, -0.2) is 38.4 Å². The first kappa shape index (κ1) is 15.5. The second-order valence-corrected chi connectivity index (χ2v) is 5.88. The van der Waals surface area contributed by atoms with Crippen molar-refractivity contribution >= 4 is 11.0 Å². The van der Waals surface area contributed by atoms with Crippen LogP contribution in [0.4, 0.5) is 0 Å². The van der Waals surface area contributed by atoms with Gasteiger partial charge in [-0.15, -0.1) is 0 Å². The van der Waals surface area contributed by atoms with E-state index in [9.17, 15) is 0 Å². The molecule has 25 heavy (non-hydrogen) atoms. The van der Waals surface area contributed by atoms with E-state index in [4.69, 9.17) is 4.74 Å². The van der Waals surface area contributed by atoms with Crippen LogP contribution in [0.2, 0.25) is 0 Å². The fraction of sp³-hybridized carbons (Fsp3) is 0.211. The van der Waals surface area contributed by atoms with E-state index in [1.165, 1.54) is 5.56 Å². The summed E-state index contributed by atoms with van der Waals surface area (Å²) in [6.45, 7) is 0.671. The van der Waals surface area contributed by atoms with E-state index in [0.29, 0.717) is 6.61 Å². The van der Waals surface area contributed by atoms with E-state index in [2.05, 4.69) is 32.2 Å². The first-order chi connectivity index (χ1) is 12.4. The molecule has 0 fully saturated rings. The first-order valence-corrected chi connectivity index (χ1v) is 8.23. The van der Waals surface area contributed by atoms with Crippen LogP contribution in [-0.2, 0) is 4.74 Å². The molecule has 3 aromatic heterocycles. The minimum Gasteiger partial charge on any atom is -0.385 e. The Morgan fingerprint density at radius 1 is 1.16 bits per heavy atom. The molecule has 3 heterocycles. The van der Waals surface area contributed by atoms with E-state index >= 15 is 0 Å². The number of aromatic nitrogens is 5. The molecule has 126 valence electrons. The lowest BCUT2D eigenvalue weighted by Gasteiger charge is -2.17. The molecule has 0 spiro atoms. The lowest BCUT2D eigenvalue weighted by molar-refractivity contribution is 0.182. The molecule has 0 bridgehead atoms. The summed E-state index contributed by atoms with van der Waals surface area (Å²) >= 11 is 0. The topological polar surface area (TPSA) is 68.6 Å². The van der Waals surface area contributed by atoms with Crippen LogP contribution in [0.5, 0.6) is 0 Å². The number of benzene rings is 1. The summed E-state index contributed by atoms with van der Waals surface area (Å²) in [6.07, 6.45) is 8.20. The fourth-order valence-corrected chi connectivity index (χ4v) is 3.09. The largest absolute Gasteiger partial charge is 0.385 e. The zero-order valence-corrected chi connectivity index (χ0v) is 14.0. The molecule has 0 saturated carbocycles. The second-order valence-electron chi connectivity index (χ2n) is 5.88. The van der Waals surface area contributed by atoms with Gasteiger partial charge in [-0.2, -0.15) is 5.10 Å². The van der Waals surface area contributed by atoms with Gasteiger partial charge in [0.15, 0.2) is 0 Å². The average Bonchev–Trinajstić information content (AvgIpc) is 3.32. The molecule has 1 unspecified atom stereocenters. The van der Waals surface area contributed by atoms with Crippen molar-refractivity contribution in [2.45, 2.75) is 12.5 Å². The molecule has 0 aliphatic carbocycles. The van der Waals surface area contributed by atoms with Gasteiger partial charge in [-0.3, -0.25) is 4.68 Å². The summed E-state index contributed by atoms with van der Waals surface area (Å²) in [4.78, 5) is 11.8. The van der Waals surface area contributed by atoms with Crippen molar-refractivity contribution in [3.8, 4) is 11.3 Å². The van der Waals surface area contributed by atoms with Crippen molar-refractivity contribution in [2.75, 3.05) is 13.7 Å². The predicted molar refractivity (Wildman–Crippen MR) is 96.2 cm³/mol. The number of hydrogen-bond acceptors (Lipinski definition) is 4. The number of hydrogen-bond donors (Lipinski definition) is 1. The van der Waals surface area contributed by atoms with Crippen molar-refractivity contribution in [1.29, 1.82) is 0 Å². The van der Waals surface area contributed by atoms with Crippen molar-refractivity contribution < 1.29 is 4.74 Å². The van der Waals surface area contributed by atoms with Crippen molar-refractivity contribution in [3.63, 3.8) is 0 Å². The van der Waals surface area contributed by atoms with Crippen LogP contribution in [0.3, 0.4) is 0 Å². The van der Waals surface area contributed by atoms with E-state index in [1.54, 1.807) is 13.4 Å². The molecule has 6 heteroatoms. The lowest BCUT2D eigenvalue weighted by atomic mass is 10.0. The van der Waals surface area contributed by atoms with Gasteiger partial charge in [0.05, 0.1) is 17.9 Å². The number of fused-ring (bicyclic) bond motifs is 1. The van der Waals surface area contributed by atoms with Gasteiger partial charge < -0.3 is 9.72 Å². The molecular weight excluding hydrogens is 314 g/mol. The Hall–Kier alpha value is -2.99. The minimum absolute atomic E-state index is 0.124. The third kappa shape index (κ3) is 3.04. The predicted octanol–water partition coefficient (Wildman–Crippen LogP) is 3.45. The average molecular weight is 333 g/mol. The molecule has 1 atom stereocenters. The number of nitrogens with one attached hydrogen (secondary N) is 1. The monoisotopic (exact) mass is 333 g/mol. The maximum atomic E-state index is 5.29. The van der Waals surface area contributed by atoms with Crippen molar-refractivity contribution in [3.05, 3.63) is 66.9 Å². The van der Waals surface area contributed by atoms with Crippen LogP contribution in [0.1, 0.15) is 18.0 Å². The van der Waals surface area contributed by atoms with Gasteiger partial charge in [0, 0.05) is 37.1 Å². The van der Waals surface area contributed by atoms with Crippen LogP contribution in [0.15, 0.2) is 61.3 Å². The molecular formula is C19H19N5O. The molecule has 1 aromatic carbocycles. The maximum absolute atomic E-state index is 5.29. The molecule has 6 nitrogen and oxygen atoms in total. The second kappa shape index (κ2) is 6.86. The minimum atomic E-state index is 0.124. The first-order valence-electron chi connectivity index (χ1n) is 8.23. The third-order valence-corrected chi connectivity index (χ3v) is 4.33. The molecule has 4 rings (SSSR count). The maximum Gasteiger partial charge on any atom is 0.141 e. The van der Waals surface area contributed by atoms with Gasteiger partial charge in [0.1, 0.15) is 12.0 Å². The number of nitrogens with zero attached hydrogens (tertiary/aromatic N) is 4. The number of rotatable bonds is 6. The van der Waals surface area contributed by atoms with Crippen LogP contribution in [0.25, 0.3) is 22.3 Å². The Bertz CT molecular complexity index is 960.